The molecule has 2 nitrogen and oxygen atoms in total. The van der Waals surface area contributed by atoms with Crippen LogP contribution in [0.15, 0.2) is 18.2 Å². The Morgan fingerprint density at radius 1 is 1.20 bits per heavy atom. The lowest BCUT2D eigenvalue weighted by molar-refractivity contribution is 0.0955. The van der Waals surface area contributed by atoms with Crippen molar-refractivity contribution in [2.45, 2.75) is 46.6 Å². The van der Waals surface area contributed by atoms with E-state index in [-0.39, 0.29) is 5.91 Å². The molecule has 0 unspecified atom stereocenters. The zero-order valence-corrected chi connectivity index (χ0v) is 13.9. The predicted molar refractivity (Wildman–Crippen MR) is 87.9 cm³/mol. The molecule has 0 bridgehead atoms. The van der Waals surface area contributed by atoms with Crippen LogP contribution in [0.2, 0.25) is 0 Å². The summed E-state index contributed by atoms with van der Waals surface area (Å²) < 4.78 is 0. The molecule has 2 rings (SSSR count). The van der Waals surface area contributed by atoms with Gasteiger partial charge in [-0.1, -0.05) is 13.3 Å². The van der Waals surface area contributed by atoms with Crippen LogP contribution < -0.4 is 5.32 Å². The Bertz CT molecular complexity index is 583. The number of carbonyl (C=O) groups is 1. The van der Waals surface area contributed by atoms with Gasteiger partial charge in [-0.3, -0.25) is 4.79 Å². The monoisotopic (exact) mass is 307 g/mol. The number of rotatable bonds is 6. The lowest BCUT2D eigenvalue weighted by Crippen LogP contribution is -2.21. The van der Waals surface area contributed by atoms with Gasteiger partial charge in [0, 0.05) is 14.6 Å². The van der Waals surface area contributed by atoms with E-state index >= 15 is 0 Å². The molecule has 0 aliphatic rings. The molecule has 0 saturated carbocycles. The Morgan fingerprint density at radius 3 is 2.65 bits per heavy atom. The molecule has 1 amide bonds. The number of amides is 1. The van der Waals surface area contributed by atoms with Crippen LogP contribution in [0, 0.1) is 13.8 Å². The minimum absolute atomic E-state index is 0.0568. The Kier molecular flexibility index (Phi) is 5.38. The molecule has 4 heteroatoms. The molecule has 2 heterocycles. The van der Waals surface area contributed by atoms with E-state index in [1.807, 2.05) is 6.92 Å². The fourth-order valence-electron chi connectivity index (χ4n) is 2.08. The average molecular weight is 307 g/mol. The molecule has 2 aromatic rings. The van der Waals surface area contributed by atoms with E-state index in [4.69, 9.17) is 0 Å². The number of nitrogens with one attached hydrogen (secondary N) is 1. The standard InChI is InChI=1S/C16H21NOS2/c1-4-5-6-13-9-11(2)15(20-13)16(18)17-10-14-8-7-12(3)19-14/h7-9H,4-6,10H2,1-3H3,(H,17,18). The summed E-state index contributed by atoms with van der Waals surface area (Å²) in [5.74, 6) is 0.0568. The van der Waals surface area contributed by atoms with E-state index in [1.165, 1.54) is 27.5 Å². The highest BCUT2D eigenvalue weighted by Gasteiger charge is 2.13. The maximum absolute atomic E-state index is 12.2. The van der Waals surface area contributed by atoms with Crippen LogP contribution in [-0.4, -0.2) is 5.91 Å². The summed E-state index contributed by atoms with van der Waals surface area (Å²) in [5, 5.41) is 3.02. The van der Waals surface area contributed by atoms with Crippen molar-refractivity contribution in [3.8, 4) is 0 Å². The molecular weight excluding hydrogens is 286 g/mol. The van der Waals surface area contributed by atoms with Gasteiger partial charge in [0.2, 0.25) is 0 Å². The van der Waals surface area contributed by atoms with Gasteiger partial charge in [0.1, 0.15) is 0 Å². The first kappa shape index (κ1) is 15.3. The molecule has 0 fully saturated rings. The summed E-state index contributed by atoms with van der Waals surface area (Å²) in [6.45, 7) is 6.92. The van der Waals surface area contributed by atoms with E-state index in [9.17, 15) is 4.79 Å². The lowest BCUT2D eigenvalue weighted by atomic mass is 10.2. The Hall–Kier alpha value is -1.13. The third-order valence-corrected chi connectivity index (χ3v) is 5.47. The Labute approximate surface area is 128 Å². The van der Waals surface area contributed by atoms with E-state index in [0.29, 0.717) is 6.54 Å². The molecule has 0 atom stereocenters. The van der Waals surface area contributed by atoms with Crippen LogP contribution in [0.3, 0.4) is 0 Å². The van der Waals surface area contributed by atoms with Crippen LogP contribution >= 0.6 is 22.7 Å². The molecule has 0 aliphatic heterocycles. The molecule has 108 valence electrons. The third-order valence-electron chi connectivity index (χ3n) is 3.17. The van der Waals surface area contributed by atoms with Crippen LogP contribution in [0.1, 0.15) is 49.6 Å². The van der Waals surface area contributed by atoms with Crippen molar-refractivity contribution in [2.75, 3.05) is 0 Å². The molecule has 20 heavy (non-hydrogen) atoms. The van der Waals surface area contributed by atoms with Crippen molar-refractivity contribution in [3.05, 3.63) is 43.3 Å². The number of hydrogen-bond donors (Lipinski definition) is 1. The molecule has 0 spiro atoms. The lowest BCUT2D eigenvalue weighted by Gasteiger charge is -2.02. The normalized spacial score (nSPS) is 10.8. The highest BCUT2D eigenvalue weighted by molar-refractivity contribution is 7.14. The minimum atomic E-state index is 0.0568. The van der Waals surface area contributed by atoms with Gasteiger partial charge in [-0.25, -0.2) is 0 Å². The fourth-order valence-corrected chi connectivity index (χ4v) is 4.03. The molecule has 0 radical (unpaired) electrons. The first-order chi connectivity index (χ1) is 9.60. The van der Waals surface area contributed by atoms with Gasteiger partial charge in [0.05, 0.1) is 11.4 Å². The van der Waals surface area contributed by atoms with Crippen molar-refractivity contribution in [2.24, 2.45) is 0 Å². The highest BCUT2D eigenvalue weighted by Crippen LogP contribution is 2.24. The van der Waals surface area contributed by atoms with Gasteiger partial charge in [0.15, 0.2) is 0 Å². The second-order valence-electron chi connectivity index (χ2n) is 5.02. The maximum Gasteiger partial charge on any atom is 0.261 e. The summed E-state index contributed by atoms with van der Waals surface area (Å²) in [5.41, 5.74) is 1.10. The van der Waals surface area contributed by atoms with Crippen molar-refractivity contribution >= 4 is 28.6 Å². The van der Waals surface area contributed by atoms with Gasteiger partial charge in [-0.15, -0.1) is 22.7 Å². The SMILES string of the molecule is CCCCc1cc(C)c(C(=O)NCc2ccc(C)s2)s1. The zero-order valence-electron chi connectivity index (χ0n) is 12.3. The van der Waals surface area contributed by atoms with Gasteiger partial charge in [-0.05, 0) is 50.5 Å². The molecule has 0 aromatic carbocycles. The van der Waals surface area contributed by atoms with Gasteiger partial charge in [-0.2, -0.15) is 0 Å². The van der Waals surface area contributed by atoms with E-state index < -0.39 is 0 Å². The highest BCUT2D eigenvalue weighted by atomic mass is 32.1. The van der Waals surface area contributed by atoms with Crippen molar-refractivity contribution in [1.82, 2.24) is 5.32 Å². The van der Waals surface area contributed by atoms with Crippen LogP contribution in [0.4, 0.5) is 0 Å². The van der Waals surface area contributed by atoms with E-state index in [1.54, 1.807) is 22.7 Å². The van der Waals surface area contributed by atoms with Gasteiger partial charge >= 0.3 is 0 Å². The summed E-state index contributed by atoms with van der Waals surface area (Å²) in [6.07, 6.45) is 3.46. The summed E-state index contributed by atoms with van der Waals surface area (Å²) in [6, 6.07) is 6.32. The van der Waals surface area contributed by atoms with Crippen molar-refractivity contribution in [1.29, 1.82) is 0 Å². The average Bonchev–Trinajstić information content (AvgIpc) is 3.00. The first-order valence-electron chi connectivity index (χ1n) is 7.03. The molecule has 0 saturated heterocycles. The van der Waals surface area contributed by atoms with Crippen molar-refractivity contribution < 1.29 is 4.79 Å². The largest absolute Gasteiger partial charge is 0.346 e. The Balaban J connectivity index is 1.96. The fraction of sp³-hybridized carbons (Fsp3) is 0.438. The minimum Gasteiger partial charge on any atom is -0.346 e. The van der Waals surface area contributed by atoms with Crippen molar-refractivity contribution in [3.63, 3.8) is 0 Å². The second kappa shape index (κ2) is 7.04. The smallest absolute Gasteiger partial charge is 0.261 e. The van der Waals surface area contributed by atoms with Gasteiger partial charge in [0.25, 0.3) is 5.91 Å². The molecule has 2 aromatic heterocycles. The third kappa shape index (κ3) is 3.93. The number of unbranched alkanes of at least 4 members (excludes halogenated alkanes) is 1. The van der Waals surface area contributed by atoms with E-state index in [0.717, 1.165) is 16.9 Å². The maximum atomic E-state index is 12.2. The summed E-state index contributed by atoms with van der Waals surface area (Å²) >= 11 is 3.37. The van der Waals surface area contributed by atoms with Crippen LogP contribution in [0.5, 0.6) is 0 Å². The predicted octanol–water partition coefficient (Wildman–Crippen LogP) is 4.70. The summed E-state index contributed by atoms with van der Waals surface area (Å²) in [7, 11) is 0. The molecular formula is C16H21NOS2. The van der Waals surface area contributed by atoms with Crippen LogP contribution in [-0.2, 0) is 13.0 Å². The number of hydrogen-bond acceptors (Lipinski definition) is 3. The number of thiophene rings is 2. The second-order valence-corrected chi connectivity index (χ2v) is 7.53. The van der Waals surface area contributed by atoms with Gasteiger partial charge < -0.3 is 5.32 Å². The number of carbonyl (C=O) groups excluding carboxylic acids is 1. The number of aryl methyl sites for hydroxylation is 3. The first-order valence-corrected chi connectivity index (χ1v) is 8.66. The Morgan fingerprint density at radius 2 is 2.00 bits per heavy atom. The molecule has 1 N–H and O–H groups in total. The molecule has 0 aliphatic carbocycles. The summed E-state index contributed by atoms with van der Waals surface area (Å²) in [4.78, 5) is 16.9. The van der Waals surface area contributed by atoms with Crippen LogP contribution in [0.25, 0.3) is 0 Å². The van der Waals surface area contributed by atoms with E-state index in [2.05, 4.69) is 37.4 Å². The quantitative estimate of drug-likeness (QED) is 0.823. The zero-order chi connectivity index (χ0) is 14.5. The topological polar surface area (TPSA) is 29.1 Å².